The minimum absolute atomic E-state index is 0.0199. The fourth-order valence-electron chi connectivity index (χ4n) is 4.11. The van der Waals surface area contributed by atoms with Gasteiger partial charge in [0.1, 0.15) is 24.0 Å². The molecular formula is C25H22ClIN2O4. The Hall–Kier alpha value is -2.70. The Morgan fingerprint density at radius 2 is 2.06 bits per heavy atom. The molecule has 1 aliphatic carbocycles. The van der Waals surface area contributed by atoms with E-state index in [9.17, 15) is 10.1 Å². The summed E-state index contributed by atoms with van der Waals surface area (Å²) in [5.74, 6) is 1.08. The third-order valence-corrected chi connectivity index (χ3v) is 6.77. The van der Waals surface area contributed by atoms with Crippen LogP contribution in [0.2, 0.25) is 5.02 Å². The first-order valence-corrected chi connectivity index (χ1v) is 12.1. The molecule has 0 fully saturated rings. The minimum atomic E-state index is -0.600. The van der Waals surface area contributed by atoms with Crippen molar-refractivity contribution in [3.05, 3.63) is 78.9 Å². The van der Waals surface area contributed by atoms with E-state index in [1.165, 1.54) is 0 Å². The number of nitrogens with zero attached hydrogens (tertiary/aromatic N) is 1. The number of halogens is 2. The van der Waals surface area contributed by atoms with Crippen LogP contribution in [0.25, 0.3) is 0 Å². The maximum Gasteiger partial charge on any atom is 0.205 e. The van der Waals surface area contributed by atoms with E-state index in [1.54, 1.807) is 0 Å². The standard InChI is InChI=1S/C25H22ClIN2O4/c1-2-31-21-11-15(10-18(27)24(21)32-13-14-6-3-4-7-17(14)26)22-16(12-28)25(29)33-20-9-5-8-19(30)23(20)22/h3-4,6-7,10-11,22H,2,5,8-9,13,29H2,1H3/t22-/m1/s1. The molecule has 0 saturated carbocycles. The maximum atomic E-state index is 12.9. The van der Waals surface area contributed by atoms with Crippen molar-refractivity contribution < 1.29 is 19.0 Å². The summed E-state index contributed by atoms with van der Waals surface area (Å²) in [5, 5.41) is 10.5. The molecule has 2 aromatic carbocycles. The third kappa shape index (κ3) is 4.68. The molecule has 0 unspecified atom stereocenters. The van der Waals surface area contributed by atoms with Gasteiger partial charge in [0.2, 0.25) is 5.88 Å². The Balaban J connectivity index is 1.77. The Morgan fingerprint density at radius 3 is 2.79 bits per heavy atom. The first-order valence-electron chi connectivity index (χ1n) is 10.6. The summed E-state index contributed by atoms with van der Waals surface area (Å²) in [6.07, 6.45) is 1.74. The molecule has 33 heavy (non-hydrogen) atoms. The van der Waals surface area contributed by atoms with Crippen LogP contribution in [0.15, 0.2) is 59.2 Å². The number of nitriles is 1. The largest absolute Gasteiger partial charge is 0.490 e. The molecule has 1 aliphatic heterocycles. The van der Waals surface area contributed by atoms with E-state index in [-0.39, 0.29) is 23.8 Å². The van der Waals surface area contributed by atoms with Crippen LogP contribution in [0.3, 0.4) is 0 Å². The molecule has 2 N–H and O–H groups in total. The van der Waals surface area contributed by atoms with Crippen LogP contribution in [0.4, 0.5) is 0 Å². The zero-order chi connectivity index (χ0) is 23.5. The number of hydrogen-bond acceptors (Lipinski definition) is 6. The molecule has 0 spiro atoms. The predicted molar refractivity (Wildman–Crippen MR) is 133 cm³/mol. The van der Waals surface area contributed by atoms with Crippen molar-refractivity contribution >= 4 is 40.0 Å². The summed E-state index contributed by atoms with van der Waals surface area (Å²) in [7, 11) is 0. The average molecular weight is 577 g/mol. The van der Waals surface area contributed by atoms with Gasteiger partial charge < -0.3 is 19.9 Å². The quantitative estimate of drug-likeness (QED) is 0.441. The highest BCUT2D eigenvalue weighted by molar-refractivity contribution is 14.1. The molecule has 0 amide bonds. The smallest absolute Gasteiger partial charge is 0.205 e. The molecule has 2 aromatic rings. The van der Waals surface area contributed by atoms with Crippen molar-refractivity contribution in [2.75, 3.05) is 6.61 Å². The van der Waals surface area contributed by atoms with Gasteiger partial charge >= 0.3 is 0 Å². The summed E-state index contributed by atoms with van der Waals surface area (Å²) in [6.45, 7) is 2.58. The van der Waals surface area contributed by atoms with Crippen LogP contribution in [0.1, 0.15) is 43.2 Å². The summed E-state index contributed by atoms with van der Waals surface area (Å²) in [6, 6.07) is 13.4. The summed E-state index contributed by atoms with van der Waals surface area (Å²) in [5.41, 5.74) is 8.41. The number of carbonyl (C=O) groups excluding carboxylic acids is 1. The molecule has 0 radical (unpaired) electrons. The van der Waals surface area contributed by atoms with E-state index in [1.807, 2.05) is 43.3 Å². The van der Waals surface area contributed by atoms with Gasteiger partial charge in [-0.3, -0.25) is 4.79 Å². The molecule has 0 bridgehead atoms. The Kier molecular flexibility index (Phi) is 7.15. The molecule has 1 atom stereocenters. The highest BCUT2D eigenvalue weighted by Crippen LogP contribution is 2.46. The lowest BCUT2D eigenvalue weighted by atomic mass is 9.77. The third-order valence-electron chi connectivity index (χ3n) is 5.60. The van der Waals surface area contributed by atoms with Crippen LogP contribution in [0, 0.1) is 14.9 Å². The fourth-order valence-corrected chi connectivity index (χ4v) is 5.08. The van der Waals surface area contributed by atoms with Gasteiger partial charge in [-0.2, -0.15) is 5.26 Å². The summed E-state index contributed by atoms with van der Waals surface area (Å²) < 4.78 is 18.5. The zero-order valence-corrected chi connectivity index (χ0v) is 20.9. The number of allylic oxidation sites excluding steroid dienone is 3. The van der Waals surface area contributed by atoms with Crippen molar-refractivity contribution in [1.29, 1.82) is 5.26 Å². The first-order chi connectivity index (χ1) is 15.9. The Bertz CT molecular complexity index is 1220. The summed E-state index contributed by atoms with van der Waals surface area (Å²) >= 11 is 8.45. The number of ketones is 1. The number of hydrogen-bond donors (Lipinski definition) is 1. The SMILES string of the molecule is CCOc1cc([C@@H]2C(C#N)=C(N)OC3=C2C(=O)CCC3)cc(I)c1OCc1ccccc1Cl. The van der Waals surface area contributed by atoms with Gasteiger partial charge in [-0.15, -0.1) is 0 Å². The van der Waals surface area contributed by atoms with Crippen LogP contribution >= 0.6 is 34.2 Å². The van der Waals surface area contributed by atoms with Crippen LogP contribution < -0.4 is 15.2 Å². The second-order valence-corrected chi connectivity index (χ2v) is 9.25. The average Bonchev–Trinajstić information content (AvgIpc) is 2.79. The lowest BCUT2D eigenvalue weighted by molar-refractivity contribution is -0.116. The van der Waals surface area contributed by atoms with Gasteiger partial charge in [0, 0.05) is 29.0 Å². The van der Waals surface area contributed by atoms with Gasteiger partial charge in [0.05, 0.1) is 16.1 Å². The Labute approximate surface area is 211 Å². The van der Waals surface area contributed by atoms with Crippen molar-refractivity contribution in [2.45, 2.75) is 38.7 Å². The lowest BCUT2D eigenvalue weighted by Gasteiger charge is -2.31. The van der Waals surface area contributed by atoms with Crippen LogP contribution in [0.5, 0.6) is 11.5 Å². The van der Waals surface area contributed by atoms with Gasteiger partial charge in [-0.1, -0.05) is 29.8 Å². The number of ether oxygens (including phenoxy) is 3. The first kappa shape index (κ1) is 23.5. The second kappa shape index (κ2) is 10.1. The highest BCUT2D eigenvalue weighted by Gasteiger charge is 2.38. The number of nitrogens with two attached hydrogens (primary N) is 1. The van der Waals surface area contributed by atoms with E-state index in [4.69, 9.17) is 31.5 Å². The Morgan fingerprint density at radius 1 is 1.27 bits per heavy atom. The monoisotopic (exact) mass is 576 g/mol. The van der Waals surface area contributed by atoms with Gasteiger partial charge in [0.25, 0.3) is 0 Å². The van der Waals surface area contributed by atoms with Crippen LogP contribution in [-0.4, -0.2) is 12.4 Å². The lowest BCUT2D eigenvalue weighted by Crippen LogP contribution is -2.27. The molecule has 8 heteroatoms. The van der Waals surface area contributed by atoms with Crippen molar-refractivity contribution in [3.8, 4) is 17.6 Å². The molecule has 4 rings (SSSR count). The second-order valence-electron chi connectivity index (χ2n) is 7.68. The molecule has 1 heterocycles. The molecule has 2 aliphatic rings. The minimum Gasteiger partial charge on any atom is -0.490 e. The fraction of sp³-hybridized carbons (Fsp3) is 0.280. The number of rotatable bonds is 6. The number of Topliss-reactive ketones (excluding diaryl/α,β-unsaturated/α-hetero) is 1. The van der Waals surface area contributed by atoms with Gasteiger partial charge in [-0.25, -0.2) is 0 Å². The van der Waals surface area contributed by atoms with Crippen LogP contribution in [-0.2, 0) is 16.1 Å². The number of benzene rings is 2. The predicted octanol–water partition coefficient (Wildman–Crippen LogP) is 5.74. The van der Waals surface area contributed by atoms with E-state index in [0.29, 0.717) is 53.7 Å². The van der Waals surface area contributed by atoms with Gasteiger partial charge in [-0.05, 0) is 59.7 Å². The molecule has 0 aromatic heterocycles. The molecule has 6 nitrogen and oxygen atoms in total. The molecule has 0 saturated heterocycles. The van der Waals surface area contributed by atoms with Gasteiger partial charge in [0.15, 0.2) is 17.3 Å². The summed E-state index contributed by atoms with van der Waals surface area (Å²) in [4.78, 5) is 12.9. The zero-order valence-electron chi connectivity index (χ0n) is 18.0. The van der Waals surface area contributed by atoms with Crippen molar-refractivity contribution in [1.82, 2.24) is 0 Å². The van der Waals surface area contributed by atoms with E-state index in [0.717, 1.165) is 14.7 Å². The maximum absolute atomic E-state index is 12.9. The number of carbonyl (C=O) groups is 1. The van der Waals surface area contributed by atoms with E-state index < -0.39 is 5.92 Å². The van der Waals surface area contributed by atoms with E-state index >= 15 is 0 Å². The molecule has 170 valence electrons. The highest BCUT2D eigenvalue weighted by atomic mass is 127. The van der Waals surface area contributed by atoms with E-state index in [2.05, 4.69) is 28.7 Å². The normalized spacial score (nSPS) is 17.9. The topological polar surface area (TPSA) is 94.6 Å². The molecular weight excluding hydrogens is 555 g/mol. The van der Waals surface area contributed by atoms with Crippen molar-refractivity contribution in [3.63, 3.8) is 0 Å². The van der Waals surface area contributed by atoms with Crippen molar-refractivity contribution in [2.24, 2.45) is 5.73 Å².